The quantitative estimate of drug-likeness (QED) is 0.585. The predicted octanol–water partition coefficient (Wildman–Crippen LogP) is 5.04. The standard InChI is InChI=1S/C22H19F3N2O3/c23-15-6-4-14(5-7-15)21-3-1-2-10-27(21)22(28)20-12-17(30-26-20)13-29-16-8-9-18(24)19(25)11-16/h4-9,11-12,21H,1-3,10,13H2. The van der Waals surface area contributed by atoms with Gasteiger partial charge in [0.25, 0.3) is 5.91 Å². The van der Waals surface area contributed by atoms with Crippen LogP contribution in [0.3, 0.4) is 0 Å². The molecule has 8 heteroatoms. The van der Waals surface area contributed by atoms with Crippen LogP contribution in [0.1, 0.15) is 47.1 Å². The van der Waals surface area contributed by atoms with Crippen molar-refractivity contribution in [2.45, 2.75) is 31.9 Å². The van der Waals surface area contributed by atoms with Crippen molar-refractivity contribution in [3.63, 3.8) is 0 Å². The fraction of sp³-hybridized carbons (Fsp3) is 0.273. The number of aromatic nitrogens is 1. The first-order valence-electron chi connectivity index (χ1n) is 9.61. The molecule has 2 aromatic carbocycles. The Balaban J connectivity index is 1.45. The fourth-order valence-electron chi connectivity index (χ4n) is 3.56. The topological polar surface area (TPSA) is 55.6 Å². The summed E-state index contributed by atoms with van der Waals surface area (Å²) in [6.45, 7) is 0.473. The zero-order chi connectivity index (χ0) is 21.1. The average molecular weight is 416 g/mol. The maximum absolute atomic E-state index is 13.3. The van der Waals surface area contributed by atoms with Gasteiger partial charge < -0.3 is 14.2 Å². The minimum absolute atomic E-state index is 0.0905. The van der Waals surface area contributed by atoms with Crippen LogP contribution in [0.5, 0.6) is 5.75 Å². The lowest BCUT2D eigenvalue weighted by atomic mass is 9.95. The van der Waals surface area contributed by atoms with Gasteiger partial charge in [-0.05, 0) is 49.1 Å². The molecule has 1 atom stereocenters. The minimum atomic E-state index is -1.02. The van der Waals surface area contributed by atoms with Crippen LogP contribution in [-0.4, -0.2) is 22.5 Å². The van der Waals surface area contributed by atoms with Crippen molar-refractivity contribution in [1.29, 1.82) is 0 Å². The van der Waals surface area contributed by atoms with Gasteiger partial charge >= 0.3 is 0 Å². The molecule has 0 saturated carbocycles. The number of rotatable bonds is 5. The van der Waals surface area contributed by atoms with E-state index in [-0.39, 0.29) is 41.6 Å². The second kappa shape index (κ2) is 8.61. The Morgan fingerprint density at radius 2 is 1.87 bits per heavy atom. The van der Waals surface area contributed by atoms with Crippen LogP contribution in [-0.2, 0) is 6.61 Å². The Kier molecular flexibility index (Phi) is 5.74. The second-order valence-electron chi connectivity index (χ2n) is 7.10. The van der Waals surface area contributed by atoms with E-state index < -0.39 is 11.6 Å². The van der Waals surface area contributed by atoms with Gasteiger partial charge in [-0.25, -0.2) is 13.2 Å². The van der Waals surface area contributed by atoms with Crippen LogP contribution in [0.2, 0.25) is 0 Å². The maximum atomic E-state index is 13.3. The molecule has 30 heavy (non-hydrogen) atoms. The lowest BCUT2D eigenvalue weighted by molar-refractivity contribution is 0.0600. The molecule has 0 radical (unpaired) electrons. The summed E-state index contributed by atoms with van der Waals surface area (Å²) in [7, 11) is 0. The van der Waals surface area contributed by atoms with Gasteiger partial charge in [0, 0.05) is 18.7 Å². The number of carbonyl (C=O) groups is 1. The van der Waals surface area contributed by atoms with Gasteiger partial charge in [0.2, 0.25) is 0 Å². The zero-order valence-electron chi connectivity index (χ0n) is 16.0. The maximum Gasteiger partial charge on any atom is 0.276 e. The third-order valence-electron chi connectivity index (χ3n) is 5.07. The lowest BCUT2D eigenvalue weighted by Crippen LogP contribution is -2.38. The van der Waals surface area contributed by atoms with Crippen LogP contribution in [0.15, 0.2) is 53.1 Å². The van der Waals surface area contributed by atoms with E-state index in [1.165, 1.54) is 24.3 Å². The van der Waals surface area contributed by atoms with E-state index in [1.54, 1.807) is 17.0 Å². The molecule has 156 valence electrons. The normalized spacial score (nSPS) is 16.5. The van der Waals surface area contributed by atoms with E-state index in [4.69, 9.17) is 9.26 Å². The molecule has 1 saturated heterocycles. The number of piperidine rings is 1. The Labute approximate surface area is 171 Å². The number of ether oxygens (including phenoxy) is 1. The monoisotopic (exact) mass is 416 g/mol. The number of amides is 1. The smallest absolute Gasteiger partial charge is 0.276 e. The molecule has 1 aliphatic rings. The summed E-state index contributed by atoms with van der Waals surface area (Å²) in [5, 5.41) is 3.84. The molecule has 3 aromatic rings. The molecular formula is C22H19F3N2O3. The van der Waals surface area contributed by atoms with E-state index >= 15 is 0 Å². The average Bonchev–Trinajstić information content (AvgIpc) is 3.24. The van der Waals surface area contributed by atoms with Gasteiger partial charge in [-0.15, -0.1) is 0 Å². The first-order valence-corrected chi connectivity index (χ1v) is 9.61. The van der Waals surface area contributed by atoms with Gasteiger partial charge in [0.15, 0.2) is 23.1 Å². The third-order valence-corrected chi connectivity index (χ3v) is 5.07. The third kappa shape index (κ3) is 4.32. The minimum Gasteiger partial charge on any atom is -0.485 e. The molecule has 2 heterocycles. The molecule has 0 bridgehead atoms. The Morgan fingerprint density at radius 1 is 1.07 bits per heavy atom. The molecule has 4 rings (SSSR count). The largest absolute Gasteiger partial charge is 0.485 e. The van der Waals surface area contributed by atoms with Gasteiger partial charge in [-0.2, -0.15) is 0 Å². The van der Waals surface area contributed by atoms with Crippen molar-refractivity contribution < 1.29 is 27.2 Å². The summed E-state index contributed by atoms with van der Waals surface area (Å²) in [5.41, 5.74) is 1.00. The number of carbonyl (C=O) groups excluding carboxylic acids is 1. The number of halogens is 3. The summed E-state index contributed by atoms with van der Waals surface area (Å²) >= 11 is 0. The summed E-state index contributed by atoms with van der Waals surface area (Å²) in [5.74, 6) is -2.18. The molecule has 1 unspecified atom stereocenters. The molecule has 1 amide bonds. The number of likely N-dealkylation sites (tertiary alicyclic amines) is 1. The van der Waals surface area contributed by atoms with Gasteiger partial charge in [0.1, 0.15) is 18.2 Å². The molecule has 0 N–H and O–H groups in total. The van der Waals surface area contributed by atoms with Crippen LogP contribution in [0, 0.1) is 17.5 Å². The molecule has 5 nitrogen and oxygen atoms in total. The zero-order valence-corrected chi connectivity index (χ0v) is 16.0. The van der Waals surface area contributed by atoms with Crippen molar-refractivity contribution in [2.24, 2.45) is 0 Å². The number of hydrogen-bond donors (Lipinski definition) is 0. The summed E-state index contributed by atoms with van der Waals surface area (Å²) in [6, 6.07) is 10.6. The Bertz CT molecular complexity index is 1040. The first kappa shape index (κ1) is 20.0. The van der Waals surface area contributed by atoms with Gasteiger partial charge in [0.05, 0.1) is 6.04 Å². The van der Waals surface area contributed by atoms with E-state index in [1.807, 2.05) is 0 Å². The van der Waals surface area contributed by atoms with Crippen LogP contribution in [0.4, 0.5) is 13.2 Å². The number of nitrogens with zero attached hydrogens (tertiary/aromatic N) is 2. The molecule has 1 fully saturated rings. The molecular weight excluding hydrogens is 397 g/mol. The fourth-order valence-corrected chi connectivity index (χ4v) is 3.56. The van der Waals surface area contributed by atoms with Crippen LogP contribution >= 0.6 is 0 Å². The molecule has 1 aromatic heterocycles. The molecule has 0 aliphatic carbocycles. The highest BCUT2D eigenvalue weighted by Crippen LogP contribution is 2.32. The van der Waals surface area contributed by atoms with E-state index in [2.05, 4.69) is 5.16 Å². The van der Waals surface area contributed by atoms with E-state index in [0.29, 0.717) is 6.54 Å². The Hall–Kier alpha value is -3.29. The SMILES string of the molecule is O=C(c1cc(COc2ccc(F)c(F)c2)on1)N1CCCCC1c1ccc(F)cc1. The van der Waals surface area contributed by atoms with Crippen molar-refractivity contribution in [3.05, 3.63) is 83.0 Å². The summed E-state index contributed by atoms with van der Waals surface area (Å²) in [6.07, 6.45) is 2.62. The van der Waals surface area contributed by atoms with Crippen LogP contribution in [0.25, 0.3) is 0 Å². The number of hydrogen-bond acceptors (Lipinski definition) is 4. The highest BCUT2D eigenvalue weighted by molar-refractivity contribution is 5.92. The van der Waals surface area contributed by atoms with Crippen LogP contribution < -0.4 is 4.74 Å². The highest BCUT2D eigenvalue weighted by Gasteiger charge is 2.30. The lowest BCUT2D eigenvalue weighted by Gasteiger charge is -2.35. The van der Waals surface area contributed by atoms with Crippen molar-refractivity contribution in [2.75, 3.05) is 6.54 Å². The van der Waals surface area contributed by atoms with Crippen molar-refractivity contribution >= 4 is 5.91 Å². The molecule has 0 spiro atoms. The summed E-state index contributed by atoms with van der Waals surface area (Å²) in [4.78, 5) is 14.7. The number of benzene rings is 2. The van der Waals surface area contributed by atoms with E-state index in [0.717, 1.165) is 37.0 Å². The highest BCUT2D eigenvalue weighted by atomic mass is 19.2. The first-order chi connectivity index (χ1) is 14.5. The van der Waals surface area contributed by atoms with Crippen molar-refractivity contribution in [1.82, 2.24) is 10.1 Å². The predicted molar refractivity (Wildman–Crippen MR) is 101 cm³/mol. The molecule has 1 aliphatic heterocycles. The Morgan fingerprint density at radius 3 is 2.63 bits per heavy atom. The van der Waals surface area contributed by atoms with Crippen molar-refractivity contribution in [3.8, 4) is 5.75 Å². The van der Waals surface area contributed by atoms with Gasteiger partial charge in [-0.1, -0.05) is 17.3 Å². The van der Waals surface area contributed by atoms with E-state index in [9.17, 15) is 18.0 Å². The second-order valence-corrected chi connectivity index (χ2v) is 7.10. The van der Waals surface area contributed by atoms with Gasteiger partial charge in [-0.3, -0.25) is 4.79 Å². The summed E-state index contributed by atoms with van der Waals surface area (Å²) < 4.78 is 50.0.